The van der Waals surface area contributed by atoms with Gasteiger partial charge >= 0.3 is 0 Å². The molecule has 6 heteroatoms. The van der Waals surface area contributed by atoms with Crippen molar-refractivity contribution in [2.45, 2.75) is 26.7 Å². The normalized spacial score (nSPS) is 13.4. The summed E-state index contributed by atoms with van der Waals surface area (Å²) in [6.45, 7) is 3.99. The number of thioether (sulfide) groups is 1. The highest BCUT2D eigenvalue weighted by molar-refractivity contribution is 9.10. The van der Waals surface area contributed by atoms with Crippen LogP contribution in [0.2, 0.25) is 0 Å². The molecule has 27 heavy (non-hydrogen) atoms. The highest BCUT2D eigenvalue weighted by atomic mass is 79.9. The van der Waals surface area contributed by atoms with Crippen LogP contribution < -0.4 is 0 Å². The summed E-state index contributed by atoms with van der Waals surface area (Å²) in [5.41, 5.74) is 1.20. The number of aliphatic imine (C=N–C) groups is 1. The summed E-state index contributed by atoms with van der Waals surface area (Å²) in [4.78, 5) is 19.3. The van der Waals surface area contributed by atoms with Crippen LogP contribution in [-0.2, 0) is 0 Å². The summed E-state index contributed by atoms with van der Waals surface area (Å²) >= 11 is 4.71. The topological polar surface area (TPSA) is 32.7 Å². The molecule has 0 aromatic heterocycles. The number of nitrogens with zero attached hydrogens (tertiary/aromatic N) is 2. The average molecular weight is 453 g/mol. The van der Waals surface area contributed by atoms with Crippen LogP contribution in [0.1, 0.15) is 37.0 Å². The Morgan fingerprint density at radius 2 is 2.07 bits per heavy atom. The first-order valence-corrected chi connectivity index (χ1v) is 10.7. The van der Waals surface area contributed by atoms with E-state index in [4.69, 9.17) is 0 Å². The van der Waals surface area contributed by atoms with Crippen molar-refractivity contribution in [1.82, 2.24) is 4.90 Å². The van der Waals surface area contributed by atoms with Crippen LogP contribution in [0.4, 0.5) is 4.39 Å². The second-order valence-corrected chi connectivity index (χ2v) is 7.91. The van der Waals surface area contributed by atoms with Crippen LogP contribution in [0.5, 0.6) is 0 Å². The smallest absolute Gasteiger partial charge is 0.198 e. The van der Waals surface area contributed by atoms with Gasteiger partial charge in [-0.05, 0) is 59.3 Å². The van der Waals surface area contributed by atoms with Gasteiger partial charge < -0.3 is 4.90 Å². The van der Waals surface area contributed by atoms with E-state index >= 15 is 0 Å². The van der Waals surface area contributed by atoms with Gasteiger partial charge in [-0.2, -0.15) is 0 Å². The third kappa shape index (κ3) is 7.46. The summed E-state index contributed by atoms with van der Waals surface area (Å²) in [7, 11) is 3.67. The number of allylic oxidation sites excluding steroid dienone is 4. The standard InChI is InChI=1S/C21H26BrFN2OS/c1-6-7-9-16(12-13-24-15(2)27-5)18(14-25(3)4)21(26)17-10-8-11-19(22)20(17)23/h8-14H,6-7H2,1-5H3/b13-12-,16-9-,18-14+,24-15?. The predicted octanol–water partition coefficient (Wildman–Crippen LogP) is 6.24. The fraction of sp³-hybridized carbons (Fsp3) is 0.333. The summed E-state index contributed by atoms with van der Waals surface area (Å²) in [6.07, 6.45) is 10.9. The number of unbranched alkanes of at least 4 members (excludes halogenated alkanes) is 1. The second-order valence-electron chi connectivity index (χ2n) is 6.05. The molecule has 0 spiro atoms. The van der Waals surface area contributed by atoms with E-state index in [1.165, 1.54) is 6.07 Å². The van der Waals surface area contributed by atoms with E-state index in [9.17, 15) is 9.18 Å². The van der Waals surface area contributed by atoms with Crippen LogP contribution in [0.3, 0.4) is 0 Å². The first-order chi connectivity index (χ1) is 12.8. The highest BCUT2D eigenvalue weighted by Gasteiger charge is 2.20. The number of rotatable bonds is 8. The molecule has 0 aliphatic rings. The maximum absolute atomic E-state index is 14.5. The van der Waals surface area contributed by atoms with Crippen molar-refractivity contribution in [3.05, 3.63) is 69.8 Å². The van der Waals surface area contributed by atoms with Gasteiger partial charge in [-0.1, -0.05) is 25.5 Å². The minimum Gasteiger partial charge on any atom is -0.383 e. The zero-order valence-electron chi connectivity index (χ0n) is 16.4. The molecular formula is C21H26BrFN2OS. The van der Waals surface area contributed by atoms with Crippen molar-refractivity contribution in [3.8, 4) is 0 Å². The quantitative estimate of drug-likeness (QED) is 0.154. The lowest BCUT2D eigenvalue weighted by Crippen LogP contribution is -2.13. The first kappa shape index (κ1) is 23.4. The Hall–Kier alpha value is -1.66. The zero-order chi connectivity index (χ0) is 20.4. The van der Waals surface area contributed by atoms with Gasteiger partial charge in [0.1, 0.15) is 5.82 Å². The van der Waals surface area contributed by atoms with Crippen molar-refractivity contribution in [1.29, 1.82) is 0 Å². The van der Waals surface area contributed by atoms with Gasteiger partial charge in [-0.15, -0.1) is 11.8 Å². The molecule has 1 rings (SSSR count). The molecule has 0 N–H and O–H groups in total. The lowest BCUT2D eigenvalue weighted by Gasteiger charge is -2.14. The number of halogens is 2. The van der Waals surface area contributed by atoms with E-state index in [1.807, 2.05) is 33.4 Å². The van der Waals surface area contributed by atoms with Crippen LogP contribution in [0, 0.1) is 5.82 Å². The molecule has 0 heterocycles. The van der Waals surface area contributed by atoms with Gasteiger partial charge in [-0.25, -0.2) is 4.39 Å². The Morgan fingerprint density at radius 1 is 1.37 bits per heavy atom. The van der Waals surface area contributed by atoms with Gasteiger partial charge in [0.25, 0.3) is 0 Å². The molecule has 1 aromatic carbocycles. The third-order valence-electron chi connectivity index (χ3n) is 3.60. The molecule has 3 nitrogen and oxygen atoms in total. The van der Waals surface area contributed by atoms with E-state index in [2.05, 4.69) is 27.8 Å². The van der Waals surface area contributed by atoms with Crippen LogP contribution in [0.15, 0.2) is 63.4 Å². The SMILES string of the molecule is CCC/C=C(/C=C\N=C(C)SC)C(=C/N(C)C)\C(=O)c1cccc(Br)c1F. The Labute approximate surface area is 174 Å². The molecule has 0 bridgehead atoms. The van der Waals surface area contributed by atoms with Crippen LogP contribution >= 0.6 is 27.7 Å². The number of hydrogen-bond donors (Lipinski definition) is 0. The molecule has 1 aromatic rings. The van der Waals surface area contributed by atoms with Crippen LogP contribution in [0.25, 0.3) is 0 Å². The Morgan fingerprint density at radius 3 is 2.67 bits per heavy atom. The lowest BCUT2D eigenvalue weighted by molar-refractivity contribution is 0.103. The zero-order valence-corrected chi connectivity index (χ0v) is 18.8. The maximum Gasteiger partial charge on any atom is 0.198 e. The molecule has 0 atom stereocenters. The van der Waals surface area contributed by atoms with E-state index < -0.39 is 5.82 Å². The number of carbonyl (C=O) groups excluding carboxylic acids is 1. The Bertz CT molecular complexity index is 782. The average Bonchev–Trinajstić information content (AvgIpc) is 2.64. The molecule has 0 saturated carbocycles. The number of ketones is 1. The van der Waals surface area contributed by atoms with E-state index in [-0.39, 0.29) is 15.8 Å². The number of carbonyl (C=O) groups is 1. The summed E-state index contributed by atoms with van der Waals surface area (Å²) in [5.74, 6) is -0.915. The van der Waals surface area contributed by atoms with E-state index in [0.29, 0.717) is 5.57 Å². The minimum absolute atomic E-state index is 0.0390. The Balaban J connectivity index is 3.43. The van der Waals surface area contributed by atoms with Gasteiger partial charge in [0.05, 0.1) is 15.1 Å². The second kappa shape index (κ2) is 11.9. The molecule has 0 aliphatic carbocycles. The van der Waals surface area contributed by atoms with Crippen molar-refractivity contribution in [2.24, 2.45) is 4.99 Å². The number of hydrogen-bond acceptors (Lipinski definition) is 4. The van der Waals surface area contributed by atoms with Crippen LogP contribution in [-0.4, -0.2) is 36.1 Å². The van der Waals surface area contributed by atoms with E-state index in [0.717, 1.165) is 23.5 Å². The number of benzene rings is 1. The summed E-state index contributed by atoms with van der Waals surface area (Å²) < 4.78 is 14.8. The monoisotopic (exact) mass is 452 g/mol. The van der Waals surface area contributed by atoms with Gasteiger partial charge in [0.15, 0.2) is 5.78 Å². The van der Waals surface area contributed by atoms with Crippen molar-refractivity contribution >= 4 is 38.5 Å². The third-order valence-corrected chi connectivity index (χ3v) is 4.91. The molecule has 0 aliphatic heterocycles. The van der Waals surface area contributed by atoms with Crippen molar-refractivity contribution in [2.75, 3.05) is 20.4 Å². The molecule has 0 saturated heterocycles. The minimum atomic E-state index is -0.553. The maximum atomic E-state index is 14.5. The van der Waals surface area contributed by atoms with E-state index in [1.54, 1.807) is 47.3 Å². The fourth-order valence-electron chi connectivity index (χ4n) is 2.19. The van der Waals surface area contributed by atoms with Gasteiger partial charge in [-0.3, -0.25) is 9.79 Å². The molecule has 0 amide bonds. The molecule has 0 unspecified atom stereocenters. The summed E-state index contributed by atoms with van der Waals surface area (Å²) in [6, 6.07) is 4.74. The largest absolute Gasteiger partial charge is 0.383 e. The predicted molar refractivity (Wildman–Crippen MR) is 119 cm³/mol. The van der Waals surface area contributed by atoms with Gasteiger partial charge in [0, 0.05) is 32.1 Å². The summed E-state index contributed by atoms with van der Waals surface area (Å²) in [5, 5.41) is 0.920. The number of Topliss-reactive ketones (excluding diaryl/α,β-unsaturated/α-hetero) is 1. The van der Waals surface area contributed by atoms with Crippen molar-refractivity contribution in [3.63, 3.8) is 0 Å². The molecule has 0 fully saturated rings. The highest BCUT2D eigenvalue weighted by Crippen LogP contribution is 2.25. The first-order valence-electron chi connectivity index (χ1n) is 8.64. The molecular weight excluding hydrogens is 427 g/mol. The van der Waals surface area contributed by atoms with Gasteiger partial charge in [0.2, 0.25) is 0 Å². The van der Waals surface area contributed by atoms with Crippen molar-refractivity contribution < 1.29 is 9.18 Å². The molecule has 146 valence electrons. The Kier molecular flexibility index (Phi) is 10.3. The molecule has 0 radical (unpaired) electrons. The lowest BCUT2D eigenvalue weighted by atomic mass is 9.95. The fourth-order valence-corrected chi connectivity index (χ4v) is 2.72.